The van der Waals surface area contributed by atoms with Crippen molar-refractivity contribution in [3.8, 4) is 0 Å². The van der Waals surface area contributed by atoms with Gasteiger partial charge in [0.1, 0.15) is 0 Å². The minimum absolute atomic E-state index is 0.897. The number of rotatable bonds is 23. The molecule has 0 fully saturated rings. The first-order chi connectivity index (χ1) is 22.1. The summed E-state index contributed by atoms with van der Waals surface area (Å²) < 4.78 is 1.43. The van der Waals surface area contributed by atoms with Gasteiger partial charge in [0.05, 0.1) is 0 Å². The van der Waals surface area contributed by atoms with Gasteiger partial charge in [-0.15, -0.1) is 0 Å². The number of aryl methyl sites for hydroxylation is 2. The van der Waals surface area contributed by atoms with Gasteiger partial charge in [0.2, 0.25) is 11.4 Å². The molecule has 0 spiro atoms. The molecule has 1 aliphatic rings. The predicted molar refractivity (Wildman–Crippen MR) is 195 cm³/mol. The summed E-state index contributed by atoms with van der Waals surface area (Å²) in [6, 6.07) is 17.4. The van der Waals surface area contributed by atoms with E-state index in [1.165, 1.54) is 122 Å². The molecule has 2 aromatic carbocycles. The van der Waals surface area contributed by atoms with Crippen molar-refractivity contribution in [2.75, 3.05) is 0 Å². The number of hydrogen-bond acceptors (Lipinski definition) is 0. The first kappa shape index (κ1) is 39.2. The Morgan fingerprint density at radius 3 is 1.53 bits per heavy atom. The summed E-state index contributed by atoms with van der Waals surface area (Å²) in [5.41, 5.74) is 19.3. The van der Waals surface area contributed by atoms with Crippen LogP contribution in [0.1, 0.15) is 166 Å². The molecule has 0 aliphatic carbocycles. The summed E-state index contributed by atoms with van der Waals surface area (Å²) in [5.74, 6) is 0. The zero-order chi connectivity index (χ0) is 32.5. The molecular weight excluding hydrogens is 591 g/mol. The fraction of sp³-hybridized carbons (Fsp3) is 0.619. The summed E-state index contributed by atoms with van der Waals surface area (Å²) in [6.45, 7) is 11.2. The fourth-order valence-corrected chi connectivity index (χ4v) is 6.98. The van der Waals surface area contributed by atoms with E-state index in [-0.39, 0.29) is 0 Å². The van der Waals surface area contributed by atoms with Gasteiger partial charge in [-0.3, -0.25) is 0 Å². The minimum atomic E-state index is 0.897. The third-order valence-corrected chi connectivity index (χ3v) is 9.97. The molecule has 2 nitrogen and oxygen atoms in total. The van der Waals surface area contributed by atoms with E-state index in [1.807, 2.05) is 14.4 Å². The Bertz CT molecular complexity index is 1130. The van der Waals surface area contributed by atoms with Crippen LogP contribution < -0.4 is 0 Å². The van der Waals surface area contributed by atoms with E-state index in [4.69, 9.17) is 0 Å². The van der Waals surface area contributed by atoms with Crippen LogP contribution >= 0.6 is 0 Å². The second-order valence-electron chi connectivity index (χ2n) is 12.7. The Kier molecular flexibility index (Phi) is 21.9. The summed E-state index contributed by atoms with van der Waals surface area (Å²) in [4.78, 5) is 0. The summed E-state index contributed by atoms with van der Waals surface area (Å²) in [6.07, 6.45) is 26.8. The topological polar surface area (TPSA) is 25.3 Å². The van der Waals surface area contributed by atoms with Gasteiger partial charge in [-0.1, -0.05) is 64.3 Å². The third-order valence-electron chi connectivity index (χ3n) is 8.57. The number of hydrogen-bond donors (Lipinski definition) is 0. The summed E-state index contributed by atoms with van der Waals surface area (Å²) in [5, 5.41) is 2.84. The molecule has 0 radical (unpaired) electrons. The van der Waals surface area contributed by atoms with Crippen LogP contribution in [0.2, 0.25) is 10.8 Å². The van der Waals surface area contributed by atoms with E-state index >= 15 is 0 Å². The van der Waals surface area contributed by atoms with Crippen molar-refractivity contribution >= 4 is 11.4 Å². The first-order valence-corrected chi connectivity index (χ1v) is 20.1. The van der Waals surface area contributed by atoms with Crippen molar-refractivity contribution < 1.29 is 19.1 Å². The van der Waals surface area contributed by atoms with Crippen LogP contribution in [0.25, 0.3) is 16.9 Å². The van der Waals surface area contributed by atoms with Crippen molar-refractivity contribution in [1.29, 1.82) is 0 Å². The van der Waals surface area contributed by atoms with Gasteiger partial charge in [-0.25, -0.2) is 4.70 Å². The predicted octanol–water partition coefficient (Wildman–Crippen LogP) is 14.2. The second-order valence-corrected chi connectivity index (χ2v) is 14.2. The number of benzene rings is 2. The van der Waals surface area contributed by atoms with Crippen LogP contribution in [-0.2, 0) is 27.3 Å². The molecule has 3 heteroatoms. The molecule has 1 aliphatic heterocycles. The van der Waals surface area contributed by atoms with E-state index < -0.39 is 0 Å². The average molecular weight is 658 g/mol. The van der Waals surface area contributed by atoms with Crippen LogP contribution in [0.5, 0.6) is 0 Å². The van der Waals surface area contributed by atoms with E-state index in [0.717, 1.165) is 54.6 Å². The molecule has 0 amide bonds. The van der Waals surface area contributed by atoms with Crippen molar-refractivity contribution in [1.82, 2.24) is 0 Å². The quantitative estimate of drug-likeness (QED) is 0.0646. The van der Waals surface area contributed by atoms with Crippen molar-refractivity contribution in [2.24, 2.45) is 0 Å². The van der Waals surface area contributed by atoms with Gasteiger partial charge in [0.25, 0.3) is 0 Å². The maximum absolute atomic E-state index is 11.3. The second kappa shape index (κ2) is 25.1. The van der Waals surface area contributed by atoms with Gasteiger partial charge in [-0.2, -0.15) is 0 Å². The summed E-state index contributed by atoms with van der Waals surface area (Å²) >= 11 is 2.00. The van der Waals surface area contributed by atoms with Crippen molar-refractivity contribution in [2.45, 2.75) is 167 Å². The van der Waals surface area contributed by atoms with Gasteiger partial charge in [0.15, 0.2) is 0 Å². The van der Waals surface area contributed by atoms with E-state index in [2.05, 4.69) is 89.2 Å². The Labute approximate surface area is 284 Å². The maximum atomic E-state index is 11.3. The third kappa shape index (κ3) is 15.4. The van der Waals surface area contributed by atoms with Crippen LogP contribution in [0.3, 0.4) is 0 Å². The van der Waals surface area contributed by atoms with E-state index in [0.29, 0.717) is 0 Å². The monoisotopic (exact) mass is 656 g/mol. The van der Waals surface area contributed by atoms with E-state index in [9.17, 15) is 5.53 Å². The fourth-order valence-electron chi connectivity index (χ4n) is 5.75. The molecule has 3 rings (SSSR count). The van der Waals surface area contributed by atoms with Gasteiger partial charge >= 0.3 is 103 Å². The summed E-state index contributed by atoms with van der Waals surface area (Å²) in [7, 11) is 0. The van der Waals surface area contributed by atoms with E-state index in [1.54, 1.807) is 0 Å². The normalized spacial score (nSPS) is 12.9. The zero-order valence-corrected chi connectivity index (χ0v) is 30.7. The van der Waals surface area contributed by atoms with Crippen LogP contribution in [0.15, 0.2) is 60.2 Å². The molecule has 0 bridgehead atoms. The molecule has 0 atom stereocenters. The van der Waals surface area contributed by atoms with Crippen molar-refractivity contribution in [3.63, 3.8) is 0 Å². The molecule has 254 valence electrons. The average Bonchev–Trinajstić information content (AvgIpc) is 3.40. The Hall–Kier alpha value is -1.99. The molecule has 2 aromatic rings. The van der Waals surface area contributed by atoms with Crippen molar-refractivity contribution in [3.05, 3.63) is 88.0 Å². The van der Waals surface area contributed by atoms with Crippen LogP contribution in [-0.4, -0.2) is 4.70 Å². The standard InChI is InChI=1S/C28H36N2.2C7H15.Ni/c1-4-7-12-22-14-10-17-24(19-22)27-21-26(16-9-6-3)28(30(27)29)25-18-11-15-23(20-25)13-8-5-2;2*1-3-5-7-6-4-2;/h10-11,14-15,17-21H,4-9,12-13,16H2,1-3H3;2*1,3-7H2,2H3;. The Morgan fingerprint density at radius 1 is 0.533 bits per heavy atom. The Morgan fingerprint density at radius 2 is 1.00 bits per heavy atom. The van der Waals surface area contributed by atoms with Gasteiger partial charge < -0.3 is 5.53 Å². The number of unbranched alkanes of at least 4 members (excludes halogenated alkanes) is 11. The molecule has 0 N–H and O–H groups in total. The molecule has 0 saturated heterocycles. The first-order valence-electron chi connectivity index (χ1n) is 18.7. The SMILES string of the molecule is CCCCC1=C(c2cccc(CCCC)c2)[N+](=[N-])C(c2cccc(CCCC)c2)=C1.CCCCCC[CH2][Ni][CH2]CCCCCC. The molecule has 0 saturated carbocycles. The molecular formula is C42H66N2Ni. The molecule has 0 aromatic heterocycles. The molecule has 0 unspecified atom stereocenters. The zero-order valence-electron chi connectivity index (χ0n) is 29.8. The van der Waals surface area contributed by atoms with Gasteiger partial charge in [0, 0.05) is 22.8 Å². The van der Waals surface area contributed by atoms with Crippen LogP contribution in [0, 0.1) is 0 Å². The molecule has 45 heavy (non-hydrogen) atoms. The number of allylic oxidation sites excluding steroid dienone is 2. The van der Waals surface area contributed by atoms with Gasteiger partial charge in [-0.05, 0) is 73.9 Å². The number of nitrogens with zero attached hydrogens (tertiary/aromatic N) is 2. The Balaban J connectivity index is 0.000000399. The molecule has 1 heterocycles. The van der Waals surface area contributed by atoms with Crippen LogP contribution in [0.4, 0.5) is 0 Å².